The lowest BCUT2D eigenvalue weighted by Crippen LogP contribution is -2.42. The third-order valence-corrected chi connectivity index (χ3v) is 7.13. The number of amides is 1. The lowest BCUT2D eigenvalue weighted by Gasteiger charge is -2.29. The van der Waals surface area contributed by atoms with Crippen molar-refractivity contribution in [2.45, 2.75) is 29.9 Å². The van der Waals surface area contributed by atoms with E-state index < -0.39 is 15.9 Å². The van der Waals surface area contributed by atoms with Crippen molar-refractivity contribution in [3.8, 4) is 11.5 Å². The molecule has 1 amide bonds. The van der Waals surface area contributed by atoms with Crippen LogP contribution in [-0.2, 0) is 10.0 Å². The summed E-state index contributed by atoms with van der Waals surface area (Å²) >= 11 is 12.3. The van der Waals surface area contributed by atoms with Gasteiger partial charge in [0.2, 0.25) is 10.0 Å². The number of nitrogens with zero attached hydrogens (tertiary/aromatic N) is 1. The Morgan fingerprint density at radius 3 is 2.57 bits per heavy atom. The molecule has 10 heteroatoms. The highest BCUT2D eigenvalue weighted by molar-refractivity contribution is 7.89. The SMILES string of the molecule is CN(CC1COc2ccccc2O1)C(=O)c1cc(S(=O)(=O)NC2CC2)c(Cl)cc1Cl. The van der Waals surface area contributed by atoms with Gasteiger partial charge in [-0.2, -0.15) is 0 Å². The van der Waals surface area contributed by atoms with E-state index in [1.54, 1.807) is 13.1 Å². The molecule has 1 aliphatic carbocycles. The molecule has 2 aromatic rings. The maximum Gasteiger partial charge on any atom is 0.255 e. The molecular formula is C20H20Cl2N2O5S. The number of likely N-dealkylation sites (N-methyl/N-ethyl adjacent to an activating group) is 1. The van der Waals surface area contributed by atoms with Gasteiger partial charge in [0, 0.05) is 13.1 Å². The van der Waals surface area contributed by atoms with Crippen molar-refractivity contribution in [2.75, 3.05) is 20.2 Å². The van der Waals surface area contributed by atoms with Crippen molar-refractivity contribution in [2.24, 2.45) is 0 Å². The third kappa shape index (κ3) is 4.51. The monoisotopic (exact) mass is 470 g/mol. The van der Waals surface area contributed by atoms with Crippen molar-refractivity contribution in [3.05, 3.63) is 52.0 Å². The molecule has 4 rings (SSSR count). The number of hydrogen-bond acceptors (Lipinski definition) is 5. The number of halogens is 2. The molecule has 160 valence electrons. The normalized spacial score (nSPS) is 18.2. The molecule has 1 fully saturated rings. The molecule has 1 saturated carbocycles. The number of sulfonamides is 1. The van der Waals surface area contributed by atoms with E-state index in [1.807, 2.05) is 18.2 Å². The maximum absolute atomic E-state index is 13.0. The van der Waals surface area contributed by atoms with Gasteiger partial charge in [0.1, 0.15) is 11.5 Å². The van der Waals surface area contributed by atoms with Crippen LogP contribution in [0.3, 0.4) is 0 Å². The molecule has 2 aliphatic rings. The first-order valence-electron chi connectivity index (χ1n) is 9.40. The third-order valence-electron chi connectivity index (χ3n) is 4.83. The van der Waals surface area contributed by atoms with Crippen LogP contribution in [0.2, 0.25) is 10.0 Å². The molecule has 0 aromatic heterocycles. The van der Waals surface area contributed by atoms with Crippen LogP contribution >= 0.6 is 23.2 Å². The minimum absolute atomic E-state index is 0.0343. The van der Waals surface area contributed by atoms with E-state index in [-0.39, 0.29) is 45.8 Å². The van der Waals surface area contributed by atoms with E-state index in [1.165, 1.54) is 17.0 Å². The van der Waals surface area contributed by atoms with E-state index in [2.05, 4.69) is 4.72 Å². The zero-order valence-corrected chi connectivity index (χ0v) is 18.4. The van der Waals surface area contributed by atoms with Gasteiger partial charge in [-0.3, -0.25) is 4.79 Å². The van der Waals surface area contributed by atoms with Gasteiger partial charge >= 0.3 is 0 Å². The van der Waals surface area contributed by atoms with Crippen LogP contribution < -0.4 is 14.2 Å². The van der Waals surface area contributed by atoms with Crippen LogP contribution in [-0.4, -0.2) is 51.6 Å². The summed E-state index contributed by atoms with van der Waals surface area (Å²) in [6.07, 6.45) is 1.19. The molecule has 30 heavy (non-hydrogen) atoms. The second-order valence-corrected chi connectivity index (χ2v) is 9.84. The molecule has 1 aliphatic heterocycles. The van der Waals surface area contributed by atoms with E-state index >= 15 is 0 Å². The van der Waals surface area contributed by atoms with Gasteiger partial charge in [-0.25, -0.2) is 13.1 Å². The summed E-state index contributed by atoms with van der Waals surface area (Å²) in [5, 5.41) is 0.0429. The number of ether oxygens (including phenoxy) is 2. The van der Waals surface area contributed by atoms with Crippen molar-refractivity contribution in [1.82, 2.24) is 9.62 Å². The van der Waals surface area contributed by atoms with Crippen LogP contribution in [0.5, 0.6) is 11.5 Å². The number of fused-ring (bicyclic) bond motifs is 1. The van der Waals surface area contributed by atoms with E-state index in [0.29, 0.717) is 11.5 Å². The van der Waals surface area contributed by atoms with Gasteiger partial charge in [-0.1, -0.05) is 35.3 Å². The summed E-state index contributed by atoms with van der Waals surface area (Å²) in [5.74, 6) is 0.821. The minimum atomic E-state index is -3.84. The van der Waals surface area contributed by atoms with Crippen molar-refractivity contribution in [3.63, 3.8) is 0 Å². The molecule has 7 nitrogen and oxygen atoms in total. The fourth-order valence-corrected chi connectivity index (χ4v) is 5.29. The highest BCUT2D eigenvalue weighted by atomic mass is 35.5. The lowest BCUT2D eigenvalue weighted by atomic mass is 10.2. The van der Waals surface area contributed by atoms with Crippen LogP contribution in [0.15, 0.2) is 41.3 Å². The van der Waals surface area contributed by atoms with E-state index in [0.717, 1.165) is 12.8 Å². The quantitative estimate of drug-likeness (QED) is 0.699. The summed E-state index contributed by atoms with van der Waals surface area (Å²) < 4.78 is 39.3. The molecule has 1 unspecified atom stereocenters. The Morgan fingerprint density at radius 2 is 1.87 bits per heavy atom. The van der Waals surface area contributed by atoms with E-state index in [4.69, 9.17) is 32.7 Å². The zero-order valence-electron chi connectivity index (χ0n) is 16.1. The Labute approximate surface area is 184 Å². The number of rotatable bonds is 6. The topological polar surface area (TPSA) is 84.9 Å². The second kappa shape index (κ2) is 8.26. The number of carbonyl (C=O) groups excluding carboxylic acids is 1. The molecule has 1 atom stereocenters. The number of carbonyl (C=O) groups is 1. The smallest absolute Gasteiger partial charge is 0.255 e. The Balaban J connectivity index is 1.52. The van der Waals surface area contributed by atoms with Crippen LogP contribution in [0.25, 0.3) is 0 Å². The highest BCUT2D eigenvalue weighted by Crippen LogP contribution is 2.33. The lowest BCUT2D eigenvalue weighted by molar-refractivity contribution is 0.0521. The predicted molar refractivity (Wildman–Crippen MR) is 113 cm³/mol. The number of nitrogens with one attached hydrogen (secondary N) is 1. The Hall–Kier alpha value is -2.00. The van der Waals surface area contributed by atoms with Gasteiger partial charge in [-0.05, 0) is 37.1 Å². The van der Waals surface area contributed by atoms with Crippen LogP contribution in [0.1, 0.15) is 23.2 Å². The molecule has 0 spiro atoms. The molecule has 0 saturated heterocycles. The Kier molecular flexibility index (Phi) is 5.85. The van der Waals surface area contributed by atoms with E-state index in [9.17, 15) is 13.2 Å². The fourth-order valence-electron chi connectivity index (χ4n) is 3.13. The van der Waals surface area contributed by atoms with Crippen molar-refractivity contribution >= 4 is 39.1 Å². The van der Waals surface area contributed by atoms with Crippen molar-refractivity contribution < 1.29 is 22.7 Å². The summed E-state index contributed by atoms with van der Waals surface area (Å²) in [6.45, 7) is 0.516. The average Bonchev–Trinajstić information content (AvgIpc) is 3.50. The molecule has 0 bridgehead atoms. The summed E-state index contributed by atoms with van der Waals surface area (Å²) in [7, 11) is -2.25. The predicted octanol–water partition coefficient (Wildman–Crippen LogP) is 3.35. The number of hydrogen-bond donors (Lipinski definition) is 1. The average molecular weight is 471 g/mol. The van der Waals surface area contributed by atoms with Crippen molar-refractivity contribution in [1.29, 1.82) is 0 Å². The highest BCUT2D eigenvalue weighted by Gasteiger charge is 2.31. The Morgan fingerprint density at radius 1 is 1.17 bits per heavy atom. The van der Waals surface area contributed by atoms with Gasteiger partial charge < -0.3 is 14.4 Å². The first kappa shape index (κ1) is 21.2. The van der Waals surface area contributed by atoms with Gasteiger partial charge in [-0.15, -0.1) is 0 Å². The fraction of sp³-hybridized carbons (Fsp3) is 0.350. The molecule has 1 N–H and O–H groups in total. The summed E-state index contributed by atoms with van der Waals surface area (Å²) in [4.78, 5) is 14.3. The number of benzene rings is 2. The van der Waals surface area contributed by atoms with Gasteiger partial charge in [0.15, 0.2) is 17.6 Å². The Bertz CT molecular complexity index is 1090. The number of para-hydroxylation sites is 2. The first-order chi connectivity index (χ1) is 14.2. The standard InChI is InChI=1S/C20H20Cl2N2O5S/c1-24(10-13-11-28-17-4-2-3-5-18(17)29-13)20(25)14-8-19(16(22)9-15(14)21)30(26,27)23-12-6-7-12/h2-5,8-9,12-13,23H,6-7,10-11H2,1H3. The second-order valence-electron chi connectivity index (χ2n) is 7.34. The van der Waals surface area contributed by atoms with Crippen LogP contribution in [0.4, 0.5) is 0 Å². The molecule has 2 aromatic carbocycles. The molecule has 0 radical (unpaired) electrons. The van der Waals surface area contributed by atoms with Gasteiger partial charge in [0.25, 0.3) is 5.91 Å². The largest absolute Gasteiger partial charge is 0.486 e. The van der Waals surface area contributed by atoms with Gasteiger partial charge in [0.05, 0.1) is 22.2 Å². The maximum atomic E-state index is 13.0. The first-order valence-corrected chi connectivity index (χ1v) is 11.6. The minimum Gasteiger partial charge on any atom is -0.486 e. The zero-order chi connectivity index (χ0) is 21.5. The molecular weight excluding hydrogens is 451 g/mol. The summed E-state index contributed by atoms with van der Waals surface area (Å²) in [5.41, 5.74) is 0.0527. The molecule has 1 heterocycles. The van der Waals surface area contributed by atoms with Crippen LogP contribution in [0, 0.1) is 0 Å². The summed E-state index contributed by atoms with van der Waals surface area (Å²) in [6, 6.07) is 9.71.